The van der Waals surface area contributed by atoms with E-state index in [1.807, 2.05) is 0 Å². The van der Waals surface area contributed by atoms with Gasteiger partial charge in [-0.25, -0.2) is 0 Å². The van der Waals surface area contributed by atoms with Gasteiger partial charge >= 0.3 is 6.18 Å². The van der Waals surface area contributed by atoms with Crippen molar-refractivity contribution in [3.63, 3.8) is 0 Å². The number of nitrogens with two attached hydrogens (primary N) is 1. The molecular formula is C6H8F3NO. The predicted molar refractivity (Wildman–Crippen MR) is 32.7 cm³/mol. The highest BCUT2D eigenvalue weighted by molar-refractivity contribution is 5.12. The largest absolute Gasteiger partial charge is 0.501 e. The van der Waals surface area contributed by atoms with E-state index in [1.54, 1.807) is 0 Å². The average molecular weight is 167 g/mol. The van der Waals surface area contributed by atoms with E-state index in [1.165, 1.54) is 0 Å². The third-order valence-electron chi connectivity index (χ3n) is 1.50. The summed E-state index contributed by atoms with van der Waals surface area (Å²) in [5.41, 5.74) is 5.01. The van der Waals surface area contributed by atoms with E-state index in [9.17, 15) is 13.2 Å². The van der Waals surface area contributed by atoms with Gasteiger partial charge < -0.3 is 10.5 Å². The molecule has 0 saturated heterocycles. The Morgan fingerprint density at radius 1 is 1.55 bits per heavy atom. The maximum Gasteiger partial charge on any atom is 0.407 e. The number of hydrogen-bond donors (Lipinski definition) is 1. The van der Waals surface area contributed by atoms with E-state index in [4.69, 9.17) is 5.73 Å². The number of halogens is 3. The van der Waals surface area contributed by atoms with Gasteiger partial charge in [-0.1, -0.05) is 0 Å². The minimum Gasteiger partial charge on any atom is -0.501 e. The summed E-state index contributed by atoms with van der Waals surface area (Å²) >= 11 is 0. The molecule has 0 fully saturated rings. The van der Waals surface area contributed by atoms with Crippen molar-refractivity contribution in [2.24, 2.45) is 5.73 Å². The number of alkyl halides is 3. The van der Waals surface area contributed by atoms with Crippen LogP contribution in [0, 0.1) is 0 Å². The molecule has 1 heterocycles. The van der Waals surface area contributed by atoms with Gasteiger partial charge in [-0.05, 0) is 5.57 Å². The minimum absolute atomic E-state index is 0.123. The molecule has 2 nitrogen and oxygen atoms in total. The highest BCUT2D eigenvalue weighted by atomic mass is 19.4. The molecule has 0 unspecified atom stereocenters. The fourth-order valence-corrected chi connectivity index (χ4v) is 0.841. The molecule has 1 aliphatic heterocycles. The van der Waals surface area contributed by atoms with Gasteiger partial charge in [-0.2, -0.15) is 13.2 Å². The molecule has 64 valence electrons. The molecule has 1 aliphatic rings. The molecule has 0 spiro atoms. The van der Waals surface area contributed by atoms with Crippen LogP contribution in [0.3, 0.4) is 0 Å². The Morgan fingerprint density at radius 3 is 2.55 bits per heavy atom. The van der Waals surface area contributed by atoms with E-state index in [-0.39, 0.29) is 12.0 Å². The Hall–Kier alpha value is -0.710. The quantitative estimate of drug-likeness (QED) is 0.636. The van der Waals surface area contributed by atoms with Crippen LogP contribution in [0.25, 0.3) is 0 Å². The van der Waals surface area contributed by atoms with E-state index >= 15 is 0 Å². The smallest absolute Gasteiger partial charge is 0.407 e. The second-order valence-corrected chi connectivity index (χ2v) is 2.33. The van der Waals surface area contributed by atoms with Crippen LogP contribution >= 0.6 is 0 Å². The summed E-state index contributed by atoms with van der Waals surface area (Å²) in [6.07, 6.45) is -2.97. The average Bonchev–Trinajstić information content (AvgIpc) is 2.34. The number of hydrogen-bond acceptors (Lipinski definition) is 2. The fourth-order valence-electron chi connectivity index (χ4n) is 0.841. The Labute approximate surface area is 61.8 Å². The molecule has 0 aromatic rings. The maximum atomic E-state index is 11.9. The van der Waals surface area contributed by atoms with Gasteiger partial charge in [0.05, 0.1) is 12.9 Å². The fraction of sp³-hybridized carbons (Fsp3) is 0.667. The van der Waals surface area contributed by atoms with Crippen LogP contribution in [-0.4, -0.2) is 18.8 Å². The van der Waals surface area contributed by atoms with Crippen molar-refractivity contribution >= 4 is 0 Å². The Kier molecular flexibility index (Phi) is 2.08. The van der Waals surface area contributed by atoms with E-state index in [2.05, 4.69) is 4.74 Å². The van der Waals surface area contributed by atoms with Gasteiger partial charge in [0, 0.05) is 6.42 Å². The highest BCUT2D eigenvalue weighted by Gasteiger charge is 2.39. The molecule has 0 bridgehead atoms. The van der Waals surface area contributed by atoms with Gasteiger partial charge in [0.1, 0.15) is 6.04 Å². The molecule has 11 heavy (non-hydrogen) atoms. The van der Waals surface area contributed by atoms with E-state index in [0.29, 0.717) is 6.61 Å². The first-order chi connectivity index (χ1) is 5.02. The first-order valence-corrected chi connectivity index (χ1v) is 3.14. The third-order valence-corrected chi connectivity index (χ3v) is 1.50. The summed E-state index contributed by atoms with van der Waals surface area (Å²) in [5.74, 6) is 0. The number of rotatable bonds is 1. The summed E-state index contributed by atoms with van der Waals surface area (Å²) in [6, 6.07) is -1.86. The molecule has 5 heteroatoms. The Balaban J connectivity index is 2.60. The lowest BCUT2D eigenvalue weighted by molar-refractivity contribution is -0.139. The van der Waals surface area contributed by atoms with Crippen molar-refractivity contribution in [2.45, 2.75) is 18.6 Å². The second kappa shape index (κ2) is 2.73. The Morgan fingerprint density at radius 2 is 2.18 bits per heavy atom. The van der Waals surface area contributed by atoms with Crippen molar-refractivity contribution in [3.05, 3.63) is 11.8 Å². The van der Waals surface area contributed by atoms with Crippen LogP contribution in [0.5, 0.6) is 0 Å². The standard InChI is InChI=1S/C6H8F3NO/c7-6(8,9)5(10)4-1-2-11-3-4/h3,5H,1-2,10H2/t5-/m0/s1. The summed E-state index contributed by atoms with van der Waals surface area (Å²) in [6.45, 7) is 0.305. The maximum absolute atomic E-state index is 11.9. The van der Waals surface area contributed by atoms with E-state index in [0.717, 1.165) is 6.26 Å². The highest BCUT2D eigenvalue weighted by Crippen LogP contribution is 2.27. The molecular weight excluding hydrogens is 159 g/mol. The molecule has 1 rings (SSSR count). The number of ether oxygens (including phenoxy) is 1. The molecule has 2 N–H and O–H groups in total. The molecule has 0 saturated carbocycles. The normalized spacial score (nSPS) is 20.9. The van der Waals surface area contributed by atoms with Crippen molar-refractivity contribution in [1.29, 1.82) is 0 Å². The van der Waals surface area contributed by atoms with Gasteiger partial charge in [-0.15, -0.1) is 0 Å². The Bertz CT molecular complexity index is 175. The minimum atomic E-state index is -4.35. The summed E-state index contributed by atoms with van der Waals surface area (Å²) in [4.78, 5) is 0. The third kappa shape index (κ3) is 1.86. The van der Waals surface area contributed by atoms with Crippen molar-refractivity contribution in [1.82, 2.24) is 0 Å². The lowest BCUT2D eigenvalue weighted by Gasteiger charge is -2.14. The summed E-state index contributed by atoms with van der Waals surface area (Å²) in [5, 5.41) is 0. The van der Waals surface area contributed by atoms with Gasteiger partial charge in [-0.3, -0.25) is 0 Å². The molecule has 0 aliphatic carbocycles. The van der Waals surface area contributed by atoms with Gasteiger partial charge in [0.15, 0.2) is 0 Å². The lowest BCUT2D eigenvalue weighted by Crippen LogP contribution is -2.38. The zero-order chi connectivity index (χ0) is 8.48. The summed E-state index contributed by atoms with van der Waals surface area (Å²) in [7, 11) is 0. The lowest BCUT2D eigenvalue weighted by atomic mass is 10.1. The zero-order valence-corrected chi connectivity index (χ0v) is 5.69. The topological polar surface area (TPSA) is 35.2 Å². The molecule has 0 radical (unpaired) electrons. The second-order valence-electron chi connectivity index (χ2n) is 2.33. The predicted octanol–water partition coefficient (Wildman–Crippen LogP) is 1.18. The van der Waals surface area contributed by atoms with E-state index < -0.39 is 12.2 Å². The monoisotopic (exact) mass is 167 g/mol. The molecule has 0 aromatic heterocycles. The van der Waals surface area contributed by atoms with Gasteiger partial charge in [0.25, 0.3) is 0 Å². The van der Waals surface area contributed by atoms with Crippen LogP contribution in [0.15, 0.2) is 11.8 Å². The first-order valence-electron chi connectivity index (χ1n) is 3.14. The SMILES string of the molecule is N[C@@H](C1=COCC1)C(F)(F)F. The van der Waals surface area contributed by atoms with Crippen LogP contribution in [-0.2, 0) is 4.74 Å². The van der Waals surface area contributed by atoms with Crippen LogP contribution in [0.4, 0.5) is 13.2 Å². The summed E-state index contributed by atoms with van der Waals surface area (Å²) < 4.78 is 40.3. The van der Waals surface area contributed by atoms with Crippen molar-refractivity contribution < 1.29 is 17.9 Å². The first kappa shape index (κ1) is 8.39. The molecule has 0 amide bonds. The molecule has 0 aromatic carbocycles. The van der Waals surface area contributed by atoms with Crippen molar-refractivity contribution in [2.75, 3.05) is 6.61 Å². The van der Waals surface area contributed by atoms with Crippen LogP contribution in [0.1, 0.15) is 6.42 Å². The zero-order valence-electron chi connectivity index (χ0n) is 5.69. The van der Waals surface area contributed by atoms with Crippen LogP contribution < -0.4 is 5.73 Å². The van der Waals surface area contributed by atoms with Crippen molar-refractivity contribution in [3.8, 4) is 0 Å². The molecule has 1 atom stereocenters. The van der Waals surface area contributed by atoms with Crippen LogP contribution in [0.2, 0.25) is 0 Å². The van der Waals surface area contributed by atoms with Gasteiger partial charge in [0.2, 0.25) is 0 Å².